The largest absolute Gasteiger partial charge is 0.299 e. The molecule has 1 N–H and O–H groups in total. The second kappa shape index (κ2) is 6.56. The summed E-state index contributed by atoms with van der Waals surface area (Å²) >= 11 is 0. The molecular weight excluding hydrogens is 286 g/mol. The molecule has 1 aliphatic rings. The molecule has 0 spiro atoms. The van der Waals surface area contributed by atoms with Crippen LogP contribution in [0.3, 0.4) is 0 Å². The van der Waals surface area contributed by atoms with Crippen LogP contribution in [0.5, 0.6) is 0 Å². The highest BCUT2D eigenvalue weighted by Crippen LogP contribution is 2.19. The van der Waals surface area contributed by atoms with E-state index in [9.17, 15) is 8.42 Å². The second-order valence-corrected chi connectivity index (χ2v) is 7.10. The topological polar surface area (TPSA) is 73.2 Å². The van der Waals surface area contributed by atoms with Crippen molar-refractivity contribution in [3.63, 3.8) is 0 Å². The fraction of sp³-hybridized carbons (Fsp3) is 0.533. The maximum absolute atomic E-state index is 12.4. The molecule has 0 amide bonds. The molecule has 2 rings (SSSR count). The van der Waals surface area contributed by atoms with E-state index in [2.05, 4.69) is 16.5 Å². The van der Waals surface area contributed by atoms with Crippen molar-refractivity contribution >= 4 is 10.0 Å². The molecule has 0 bridgehead atoms. The lowest BCUT2D eigenvalue weighted by molar-refractivity contribution is 0.268. The Hall–Kier alpha value is -1.42. The van der Waals surface area contributed by atoms with Crippen molar-refractivity contribution in [2.24, 2.45) is 0 Å². The summed E-state index contributed by atoms with van der Waals surface area (Å²) in [6.45, 7) is 6.23. The first-order valence-electron chi connectivity index (χ1n) is 7.22. The van der Waals surface area contributed by atoms with E-state index >= 15 is 0 Å². The molecule has 0 aromatic heterocycles. The van der Waals surface area contributed by atoms with E-state index < -0.39 is 10.0 Å². The van der Waals surface area contributed by atoms with Crippen molar-refractivity contribution < 1.29 is 8.42 Å². The Morgan fingerprint density at radius 1 is 1.48 bits per heavy atom. The molecule has 5 nitrogen and oxygen atoms in total. The van der Waals surface area contributed by atoms with E-state index in [1.807, 2.05) is 6.07 Å². The standard InChI is InChI=1S/C15H21N3O2S/c1-3-18-8-4-5-14(18)11-17-21(19,20)15-9-13(10-16)7-6-12(15)2/h6-7,9,14,17H,3-5,8,11H2,1-2H3. The van der Waals surface area contributed by atoms with E-state index in [1.165, 1.54) is 6.07 Å². The molecule has 0 aliphatic carbocycles. The molecule has 114 valence electrons. The van der Waals surface area contributed by atoms with Crippen molar-refractivity contribution in [1.82, 2.24) is 9.62 Å². The molecule has 1 aliphatic heterocycles. The van der Waals surface area contributed by atoms with Gasteiger partial charge in [-0.1, -0.05) is 13.0 Å². The van der Waals surface area contributed by atoms with Gasteiger partial charge in [0.25, 0.3) is 0 Å². The first-order chi connectivity index (χ1) is 9.97. The van der Waals surface area contributed by atoms with E-state index in [0.29, 0.717) is 17.7 Å². The average molecular weight is 307 g/mol. The molecule has 0 radical (unpaired) electrons. The van der Waals surface area contributed by atoms with E-state index in [-0.39, 0.29) is 10.9 Å². The predicted octanol–water partition coefficient (Wildman–Crippen LogP) is 1.63. The predicted molar refractivity (Wildman–Crippen MR) is 81.4 cm³/mol. The normalized spacial score (nSPS) is 19.6. The number of likely N-dealkylation sites (tertiary alicyclic amines) is 1. The second-order valence-electron chi connectivity index (χ2n) is 5.37. The molecular formula is C15H21N3O2S. The number of sulfonamides is 1. The molecule has 0 saturated carbocycles. The smallest absolute Gasteiger partial charge is 0.240 e. The summed E-state index contributed by atoms with van der Waals surface area (Å²) in [6, 6.07) is 6.98. The zero-order chi connectivity index (χ0) is 15.5. The molecule has 1 aromatic carbocycles. The van der Waals surface area contributed by atoms with Gasteiger partial charge >= 0.3 is 0 Å². The summed E-state index contributed by atoms with van der Waals surface area (Å²) in [5.41, 5.74) is 1.01. The minimum Gasteiger partial charge on any atom is -0.299 e. The van der Waals surface area contributed by atoms with Crippen LogP contribution in [0.1, 0.15) is 30.9 Å². The van der Waals surface area contributed by atoms with Crippen LogP contribution in [-0.4, -0.2) is 39.0 Å². The first-order valence-corrected chi connectivity index (χ1v) is 8.70. The molecule has 1 unspecified atom stereocenters. The number of nitrogens with zero attached hydrogens (tertiary/aromatic N) is 2. The van der Waals surface area contributed by atoms with E-state index in [0.717, 1.165) is 25.9 Å². The van der Waals surface area contributed by atoms with Crippen molar-refractivity contribution in [3.8, 4) is 6.07 Å². The van der Waals surface area contributed by atoms with Gasteiger partial charge in [-0.25, -0.2) is 13.1 Å². The SMILES string of the molecule is CCN1CCCC1CNS(=O)(=O)c1cc(C#N)ccc1C. The Labute approximate surface area is 126 Å². The number of nitrogens with one attached hydrogen (secondary N) is 1. The van der Waals surface area contributed by atoms with Gasteiger partial charge in [-0.3, -0.25) is 4.90 Å². The van der Waals surface area contributed by atoms with Gasteiger partial charge in [-0.2, -0.15) is 5.26 Å². The third kappa shape index (κ3) is 3.62. The fourth-order valence-corrected chi connectivity index (χ4v) is 4.13. The van der Waals surface area contributed by atoms with Gasteiger partial charge in [-0.05, 0) is 50.6 Å². The Kier molecular flexibility index (Phi) is 4.99. The van der Waals surface area contributed by atoms with E-state index in [1.54, 1.807) is 19.1 Å². The van der Waals surface area contributed by atoms with Crippen LogP contribution in [0.15, 0.2) is 23.1 Å². The van der Waals surface area contributed by atoms with Crippen LogP contribution >= 0.6 is 0 Å². The van der Waals surface area contributed by atoms with Gasteiger partial charge in [0, 0.05) is 12.6 Å². The minimum atomic E-state index is -3.57. The number of hydrogen-bond donors (Lipinski definition) is 1. The summed E-state index contributed by atoms with van der Waals surface area (Å²) in [7, 11) is -3.57. The van der Waals surface area contributed by atoms with Crippen molar-refractivity contribution in [1.29, 1.82) is 5.26 Å². The minimum absolute atomic E-state index is 0.197. The van der Waals surface area contributed by atoms with Crippen molar-refractivity contribution in [2.75, 3.05) is 19.6 Å². The number of likely N-dealkylation sites (N-methyl/N-ethyl adjacent to an activating group) is 1. The lowest BCUT2D eigenvalue weighted by Gasteiger charge is -2.23. The number of hydrogen-bond acceptors (Lipinski definition) is 4. The Morgan fingerprint density at radius 3 is 2.90 bits per heavy atom. The zero-order valence-electron chi connectivity index (χ0n) is 12.5. The maximum Gasteiger partial charge on any atom is 0.240 e. The molecule has 6 heteroatoms. The maximum atomic E-state index is 12.4. The van der Waals surface area contributed by atoms with Crippen LogP contribution in [-0.2, 0) is 10.0 Å². The Morgan fingerprint density at radius 2 is 2.24 bits per heavy atom. The molecule has 1 saturated heterocycles. The third-order valence-electron chi connectivity index (χ3n) is 4.02. The van der Waals surface area contributed by atoms with Gasteiger partial charge < -0.3 is 0 Å². The summed E-state index contributed by atoms with van der Waals surface area (Å²) in [4.78, 5) is 2.49. The highest BCUT2D eigenvalue weighted by molar-refractivity contribution is 7.89. The molecule has 21 heavy (non-hydrogen) atoms. The zero-order valence-corrected chi connectivity index (χ0v) is 13.3. The van der Waals surface area contributed by atoms with Crippen molar-refractivity contribution in [3.05, 3.63) is 29.3 Å². The van der Waals surface area contributed by atoms with Crippen LogP contribution < -0.4 is 4.72 Å². The fourth-order valence-electron chi connectivity index (χ4n) is 2.79. The van der Waals surface area contributed by atoms with Gasteiger partial charge in [0.15, 0.2) is 0 Å². The molecule has 1 fully saturated rings. The van der Waals surface area contributed by atoms with Gasteiger partial charge in [0.2, 0.25) is 10.0 Å². The number of rotatable bonds is 5. The van der Waals surface area contributed by atoms with E-state index in [4.69, 9.17) is 5.26 Å². The molecule has 1 atom stereocenters. The number of aryl methyl sites for hydroxylation is 1. The van der Waals surface area contributed by atoms with Gasteiger partial charge in [0.05, 0.1) is 16.5 Å². The lowest BCUT2D eigenvalue weighted by atomic mass is 10.2. The summed E-state index contributed by atoms with van der Waals surface area (Å²) in [5.74, 6) is 0. The highest BCUT2D eigenvalue weighted by Gasteiger charge is 2.25. The van der Waals surface area contributed by atoms with Crippen molar-refractivity contribution in [2.45, 2.75) is 37.6 Å². The van der Waals surface area contributed by atoms with Gasteiger partial charge in [0.1, 0.15) is 0 Å². The molecule has 1 aromatic rings. The molecule has 1 heterocycles. The Balaban J connectivity index is 2.14. The first kappa shape index (κ1) is 16.0. The Bertz CT molecular complexity index is 649. The van der Waals surface area contributed by atoms with Crippen LogP contribution in [0.4, 0.5) is 0 Å². The summed E-state index contributed by atoms with van der Waals surface area (Å²) < 4.78 is 27.6. The van der Waals surface area contributed by atoms with Crippen LogP contribution in [0.2, 0.25) is 0 Å². The number of benzene rings is 1. The highest BCUT2D eigenvalue weighted by atomic mass is 32.2. The average Bonchev–Trinajstić information content (AvgIpc) is 2.93. The van der Waals surface area contributed by atoms with Crippen LogP contribution in [0, 0.1) is 18.3 Å². The van der Waals surface area contributed by atoms with Gasteiger partial charge in [-0.15, -0.1) is 0 Å². The summed E-state index contributed by atoms with van der Waals surface area (Å²) in [5, 5.41) is 8.92. The monoisotopic (exact) mass is 307 g/mol. The third-order valence-corrected chi connectivity index (χ3v) is 5.59. The number of nitriles is 1. The van der Waals surface area contributed by atoms with Crippen LogP contribution in [0.25, 0.3) is 0 Å². The quantitative estimate of drug-likeness (QED) is 0.897. The summed E-state index contributed by atoms with van der Waals surface area (Å²) in [6.07, 6.45) is 2.14. The lowest BCUT2D eigenvalue weighted by Crippen LogP contribution is -2.40.